The number of amides is 1. The molecule has 0 N–H and O–H groups in total. The molecule has 1 aliphatic carbocycles. The van der Waals surface area contributed by atoms with Gasteiger partial charge in [-0.25, -0.2) is 0 Å². The van der Waals surface area contributed by atoms with Gasteiger partial charge in [-0.1, -0.05) is 6.92 Å². The van der Waals surface area contributed by atoms with Crippen molar-refractivity contribution in [2.75, 3.05) is 7.05 Å². The average molecular weight is 275 g/mol. The van der Waals surface area contributed by atoms with E-state index in [-0.39, 0.29) is 6.54 Å². The van der Waals surface area contributed by atoms with Gasteiger partial charge in [0.1, 0.15) is 17.9 Å². The molecule has 1 fully saturated rings. The van der Waals surface area contributed by atoms with Gasteiger partial charge in [-0.15, -0.1) is 0 Å². The molecule has 2 rings (SSSR count). The minimum absolute atomic E-state index is 0.0655. The van der Waals surface area contributed by atoms with E-state index in [4.69, 9.17) is 4.42 Å². The van der Waals surface area contributed by atoms with Crippen LogP contribution in [0, 0.1) is 5.92 Å². The van der Waals surface area contributed by atoms with Crippen molar-refractivity contribution >= 4 is 5.91 Å². The molecular weight excluding hydrogens is 259 g/mol. The summed E-state index contributed by atoms with van der Waals surface area (Å²) in [5.41, 5.74) is 0. The van der Waals surface area contributed by atoms with Crippen LogP contribution in [0.1, 0.15) is 37.2 Å². The maximum Gasteiger partial charge on any atom is 0.397 e. The first-order valence-corrected chi connectivity index (χ1v) is 6.15. The van der Waals surface area contributed by atoms with E-state index in [1.54, 1.807) is 6.07 Å². The standard InChI is InChI=1S/C13H16F3NO2/c1-8-5-10(8)11-4-3-9(19-11)7-17(2)12(18)6-13(14,15)16/h3-4,8,10H,5-7H2,1-2H3/t8-,10-/m1/s1. The number of hydrogen-bond donors (Lipinski definition) is 0. The Morgan fingerprint density at radius 3 is 2.63 bits per heavy atom. The number of hydrogen-bond acceptors (Lipinski definition) is 2. The van der Waals surface area contributed by atoms with Crippen LogP contribution in [0.25, 0.3) is 0 Å². The zero-order valence-electron chi connectivity index (χ0n) is 10.8. The molecule has 0 saturated heterocycles. The van der Waals surface area contributed by atoms with Gasteiger partial charge in [-0.05, 0) is 24.5 Å². The fraction of sp³-hybridized carbons (Fsp3) is 0.615. The van der Waals surface area contributed by atoms with Crippen LogP contribution in [0.4, 0.5) is 13.2 Å². The van der Waals surface area contributed by atoms with Gasteiger partial charge >= 0.3 is 6.18 Å². The van der Waals surface area contributed by atoms with Gasteiger partial charge in [0.05, 0.1) is 6.54 Å². The van der Waals surface area contributed by atoms with Gasteiger partial charge in [0.15, 0.2) is 0 Å². The smallest absolute Gasteiger partial charge is 0.397 e. The van der Waals surface area contributed by atoms with Gasteiger partial charge in [-0.3, -0.25) is 4.79 Å². The van der Waals surface area contributed by atoms with Gasteiger partial charge in [0.25, 0.3) is 0 Å². The van der Waals surface area contributed by atoms with Crippen LogP contribution in [0.3, 0.4) is 0 Å². The zero-order valence-corrected chi connectivity index (χ0v) is 10.8. The Labute approximate surface area is 109 Å². The molecule has 2 atom stereocenters. The van der Waals surface area contributed by atoms with Crippen molar-refractivity contribution < 1.29 is 22.4 Å². The Morgan fingerprint density at radius 1 is 1.47 bits per heavy atom. The number of alkyl halides is 3. The van der Waals surface area contributed by atoms with Crippen LogP contribution < -0.4 is 0 Å². The first-order valence-electron chi connectivity index (χ1n) is 6.15. The summed E-state index contributed by atoms with van der Waals surface area (Å²) in [5.74, 6) is 1.45. The van der Waals surface area contributed by atoms with Crippen molar-refractivity contribution in [3.05, 3.63) is 23.7 Å². The Kier molecular flexibility index (Phi) is 3.60. The SMILES string of the molecule is C[C@@H]1C[C@H]1c1ccc(CN(C)C(=O)CC(F)(F)F)o1. The highest BCUT2D eigenvalue weighted by molar-refractivity contribution is 5.76. The van der Waals surface area contributed by atoms with Crippen molar-refractivity contribution in [3.63, 3.8) is 0 Å². The Hall–Kier alpha value is -1.46. The second-order valence-corrected chi connectivity index (χ2v) is 5.17. The topological polar surface area (TPSA) is 33.5 Å². The number of nitrogens with zero attached hydrogens (tertiary/aromatic N) is 1. The number of carbonyl (C=O) groups excluding carboxylic acids is 1. The lowest BCUT2D eigenvalue weighted by Crippen LogP contribution is -2.30. The van der Waals surface area contributed by atoms with Crippen molar-refractivity contribution in [2.45, 2.75) is 38.4 Å². The van der Waals surface area contributed by atoms with E-state index in [1.807, 2.05) is 6.07 Å². The van der Waals surface area contributed by atoms with Crippen LogP contribution in [0.15, 0.2) is 16.5 Å². The number of carbonyl (C=O) groups is 1. The van der Waals surface area contributed by atoms with Crippen LogP contribution in [-0.2, 0) is 11.3 Å². The lowest BCUT2D eigenvalue weighted by molar-refractivity contribution is -0.161. The lowest BCUT2D eigenvalue weighted by Gasteiger charge is -2.16. The Bertz CT molecular complexity index is 467. The van der Waals surface area contributed by atoms with Gasteiger partial charge in [-0.2, -0.15) is 13.2 Å². The normalized spacial score (nSPS) is 22.4. The molecule has 19 heavy (non-hydrogen) atoms. The summed E-state index contributed by atoms with van der Waals surface area (Å²) in [7, 11) is 1.34. The maximum atomic E-state index is 12.1. The molecule has 1 aliphatic rings. The number of halogens is 3. The van der Waals surface area contributed by atoms with E-state index in [0.717, 1.165) is 17.1 Å². The molecule has 0 radical (unpaired) electrons. The predicted octanol–water partition coefficient (Wildman–Crippen LogP) is 3.31. The average Bonchev–Trinajstić information content (AvgIpc) is 2.82. The monoisotopic (exact) mass is 275 g/mol. The van der Waals surface area contributed by atoms with Crippen molar-refractivity contribution in [1.82, 2.24) is 4.90 Å². The molecule has 1 saturated carbocycles. The molecule has 0 unspecified atom stereocenters. The molecule has 3 nitrogen and oxygen atoms in total. The van der Waals surface area contributed by atoms with Crippen LogP contribution >= 0.6 is 0 Å². The van der Waals surface area contributed by atoms with E-state index in [9.17, 15) is 18.0 Å². The summed E-state index contributed by atoms with van der Waals surface area (Å²) in [6.45, 7) is 2.18. The van der Waals surface area contributed by atoms with E-state index in [2.05, 4.69) is 6.92 Å². The highest BCUT2D eigenvalue weighted by Crippen LogP contribution is 2.47. The molecule has 106 valence electrons. The van der Waals surface area contributed by atoms with E-state index in [1.165, 1.54) is 7.05 Å². The largest absolute Gasteiger partial charge is 0.464 e. The summed E-state index contributed by atoms with van der Waals surface area (Å²) in [5, 5.41) is 0. The fourth-order valence-electron chi connectivity index (χ4n) is 2.03. The molecule has 0 aliphatic heterocycles. The van der Waals surface area contributed by atoms with Crippen LogP contribution in [0.5, 0.6) is 0 Å². The van der Waals surface area contributed by atoms with Gasteiger partial charge in [0.2, 0.25) is 5.91 Å². The summed E-state index contributed by atoms with van der Waals surface area (Å²) in [4.78, 5) is 12.4. The van der Waals surface area contributed by atoms with Gasteiger partial charge < -0.3 is 9.32 Å². The van der Waals surface area contributed by atoms with Crippen molar-refractivity contribution in [1.29, 1.82) is 0 Å². The highest BCUT2D eigenvalue weighted by atomic mass is 19.4. The first kappa shape index (κ1) is 14.0. The van der Waals surface area contributed by atoms with Crippen LogP contribution in [-0.4, -0.2) is 24.0 Å². The summed E-state index contributed by atoms with van der Waals surface area (Å²) in [6.07, 6.45) is -4.82. The predicted molar refractivity (Wildman–Crippen MR) is 62.4 cm³/mol. The molecule has 0 aromatic carbocycles. The number of rotatable bonds is 4. The van der Waals surface area contributed by atoms with E-state index >= 15 is 0 Å². The van der Waals surface area contributed by atoms with E-state index < -0.39 is 18.5 Å². The van der Waals surface area contributed by atoms with Crippen molar-refractivity contribution in [3.8, 4) is 0 Å². The Balaban J connectivity index is 1.89. The summed E-state index contributed by atoms with van der Waals surface area (Å²) >= 11 is 0. The second kappa shape index (κ2) is 4.90. The molecule has 1 aromatic rings. The molecule has 6 heteroatoms. The first-order chi connectivity index (χ1) is 8.76. The zero-order chi connectivity index (χ0) is 14.2. The summed E-state index contributed by atoms with van der Waals surface area (Å²) < 4.78 is 41.8. The lowest BCUT2D eigenvalue weighted by atomic mass is 10.3. The quantitative estimate of drug-likeness (QED) is 0.844. The van der Waals surface area contributed by atoms with Gasteiger partial charge in [0, 0.05) is 13.0 Å². The molecule has 0 spiro atoms. The third-order valence-corrected chi connectivity index (χ3v) is 3.33. The van der Waals surface area contributed by atoms with Crippen LogP contribution in [0.2, 0.25) is 0 Å². The molecule has 1 heterocycles. The van der Waals surface area contributed by atoms with E-state index in [0.29, 0.717) is 17.6 Å². The molecular formula is C13H16F3NO2. The molecule has 0 bridgehead atoms. The highest BCUT2D eigenvalue weighted by Gasteiger charge is 2.37. The molecule has 1 amide bonds. The molecule has 1 aromatic heterocycles. The fourth-order valence-corrected chi connectivity index (χ4v) is 2.03. The second-order valence-electron chi connectivity index (χ2n) is 5.17. The number of furan rings is 1. The minimum atomic E-state index is -4.47. The van der Waals surface area contributed by atoms with Crippen molar-refractivity contribution in [2.24, 2.45) is 5.92 Å². The minimum Gasteiger partial charge on any atom is -0.464 e. The maximum absolute atomic E-state index is 12.1. The third-order valence-electron chi connectivity index (χ3n) is 3.33. The Morgan fingerprint density at radius 2 is 2.11 bits per heavy atom. The third kappa shape index (κ3) is 3.75. The summed E-state index contributed by atoms with van der Waals surface area (Å²) in [6, 6.07) is 3.56.